The van der Waals surface area contributed by atoms with E-state index in [2.05, 4.69) is 12.6 Å². The smallest absolute Gasteiger partial charge is 0.205 e. The maximum Gasteiger partial charge on any atom is 0.422 e. The summed E-state index contributed by atoms with van der Waals surface area (Å²) in [5.41, 5.74) is -2.12. The Hall–Kier alpha value is -0.200. The summed E-state index contributed by atoms with van der Waals surface area (Å²) in [6.07, 6.45) is -5.21. The van der Waals surface area contributed by atoms with Gasteiger partial charge in [0, 0.05) is 4.90 Å². The molecule has 0 nitrogen and oxygen atoms in total. The standard InChI is InChI=1S/C7HCl2F5S/c8-2-4(10)1(7(12,13)14)5(11)3(9)6(2)15/h15H. The number of hydrogen-bond donors (Lipinski definition) is 1. The predicted octanol–water partition coefficient (Wildman–Crippen LogP) is 4.58. The Morgan fingerprint density at radius 3 is 1.53 bits per heavy atom. The third-order valence-corrected chi connectivity index (χ3v) is 2.94. The molecular weight excluding hydrogens is 282 g/mol. The number of benzene rings is 1. The van der Waals surface area contributed by atoms with E-state index >= 15 is 0 Å². The molecule has 0 bridgehead atoms. The number of thiol groups is 1. The summed E-state index contributed by atoms with van der Waals surface area (Å²) in [4.78, 5) is -0.568. The molecule has 0 unspecified atom stereocenters. The Morgan fingerprint density at radius 2 is 1.27 bits per heavy atom. The van der Waals surface area contributed by atoms with Crippen LogP contribution in [0.3, 0.4) is 0 Å². The van der Waals surface area contributed by atoms with Crippen molar-refractivity contribution in [1.29, 1.82) is 0 Å². The van der Waals surface area contributed by atoms with Crippen molar-refractivity contribution >= 4 is 35.8 Å². The van der Waals surface area contributed by atoms with Crippen molar-refractivity contribution in [2.24, 2.45) is 0 Å². The highest BCUT2D eigenvalue weighted by atomic mass is 35.5. The maximum atomic E-state index is 13.0. The second kappa shape index (κ2) is 3.99. The summed E-state index contributed by atoms with van der Waals surface area (Å²) in [7, 11) is 0. The third-order valence-electron chi connectivity index (χ3n) is 1.52. The second-order valence-corrected chi connectivity index (χ2v) is 3.68. The lowest BCUT2D eigenvalue weighted by atomic mass is 10.2. The molecule has 15 heavy (non-hydrogen) atoms. The van der Waals surface area contributed by atoms with Gasteiger partial charge in [-0.3, -0.25) is 0 Å². The molecule has 0 aliphatic rings. The van der Waals surface area contributed by atoms with Crippen molar-refractivity contribution in [3.63, 3.8) is 0 Å². The Labute approximate surface area is 96.4 Å². The summed E-state index contributed by atoms with van der Waals surface area (Å²) in [5, 5.41) is -1.92. The van der Waals surface area contributed by atoms with Crippen LogP contribution < -0.4 is 0 Å². The van der Waals surface area contributed by atoms with Crippen LogP contribution >= 0.6 is 35.8 Å². The molecule has 0 aliphatic heterocycles. The zero-order chi connectivity index (χ0) is 12.0. The third kappa shape index (κ3) is 2.16. The summed E-state index contributed by atoms with van der Waals surface area (Å²) >= 11 is 13.8. The molecule has 0 saturated carbocycles. The van der Waals surface area contributed by atoms with Crippen LogP contribution in [0.5, 0.6) is 0 Å². The van der Waals surface area contributed by atoms with Crippen molar-refractivity contribution in [3.05, 3.63) is 27.2 Å². The van der Waals surface area contributed by atoms with Gasteiger partial charge < -0.3 is 0 Å². The highest BCUT2D eigenvalue weighted by Crippen LogP contribution is 2.42. The van der Waals surface area contributed by atoms with E-state index in [1.165, 1.54) is 0 Å². The van der Waals surface area contributed by atoms with Crippen molar-refractivity contribution in [2.45, 2.75) is 11.1 Å². The predicted molar refractivity (Wildman–Crippen MR) is 48.6 cm³/mol. The normalized spacial score (nSPS) is 12.0. The molecule has 1 aromatic carbocycles. The van der Waals surface area contributed by atoms with E-state index in [-0.39, 0.29) is 0 Å². The molecule has 1 rings (SSSR count). The number of alkyl halides is 3. The highest BCUT2D eigenvalue weighted by molar-refractivity contribution is 7.80. The van der Waals surface area contributed by atoms with Crippen LogP contribution in [-0.4, -0.2) is 0 Å². The van der Waals surface area contributed by atoms with Crippen molar-refractivity contribution < 1.29 is 22.0 Å². The minimum Gasteiger partial charge on any atom is -0.205 e. The minimum atomic E-state index is -5.21. The first-order valence-corrected chi connectivity index (χ1v) is 4.50. The molecule has 0 saturated heterocycles. The summed E-state index contributed by atoms with van der Waals surface area (Å²) in [6.45, 7) is 0. The van der Waals surface area contributed by atoms with Crippen LogP contribution in [0, 0.1) is 11.6 Å². The Kier molecular flexibility index (Phi) is 3.42. The monoisotopic (exact) mass is 282 g/mol. The van der Waals surface area contributed by atoms with Gasteiger partial charge in [0.1, 0.15) is 5.56 Å². The SMILES string of the molecule is Fc1c(Cl)c(S)c(Cl)c(F)c1C(F)(F)F. The van der Waals surface area contributed by atoms with Crippen LogP contribution in [0.4, 0.5) is 22.0 Å². The summed E-state index contributed by atoms with van der Waals surface area (Å²) in [6, 6.07) is 0. The topological polar surface area (TPSA) is 0 Å². The van der Waals surface area contributed by atoms with E-state index in [0.717, 1.165) is 0 Å². The van der Waals surface area contributed by atoms with Gasteiger partial charge in [0.2, 0.25) is 0 Å². The van der Waals surface area contributed by atoms with Gasteiger partial charge in [-0.05, 0) is 0 Å². The fraction of sp³-hybridized carbons (Fsp3) is 0.143. The molecule has 0 radical (unpaired) electrons. The van der Waals surface area contributed by atoms with E-state index in [4.69, 9.17) is 23.2 Å². The zero-order valence-corrected chi connectivity index (χ0v) is 9.00. The molecule has 0 amide bonds. The highest BCUT2D eigenvalue weighted by Gasteiger charge is 2.40. The molecule has 0 aromatic heterocycles. The Bertz CT molecular complexity index is 386. The van der Waals surface area contributed by atoms with Crippen LogP contribution in [0.1, 0.15) is 5.56 Å². The van der Waals surface area contributed by atoms with Crippen molar-refractivity contribution in [1.82, 2.24) is 0 Å². The average molecular weight is 283 g/mol. The molecule has 1 aromatic rings. The largest absolute Gasteiger partial charge is 0.422 e. The molecule has 0 fully saturated rings. The van der Waals surface area contributed by atoms with Gasteiger partial charge in [0.15, 0.2) is 11.6 Å². The first-order valence-electron chi connectivity index (χ1n) is 3.30. The first kappa shape index (κ1) is 12.9. The van der Waals surface area contributed by atoms with Crippen LogP contribution in [0.25, 0.3) is 0 Å². The zero-order valence-electron chi connectivity index (χ0n) is 6.59. The molecule has 0 spiro atoms. The maximum absolute atomic E-state index is 13.0. The van der Waals surface area contributed by atoms with Crippen molar-refractivity contribution in [3.8, 4) is 0 Å². The molecule has 0 atom stereocenters. The summed E-state index contributed by atoms with van der Waals surface area (Å²) in [5.74, 6) is -3.84. The van der Waals surface area contributed by atoms with Gasteiger partial charge in [-0.2, -0.15) is 13.2 Å². The Balaban J connectivity index is 3.68. The fourth-order valence-electron chi connectivity index (χ4n) is 0.869. The van der Waals surface area contributed by atoms with Gasteiger partial charge in [-0.25, -0.2) is 8.78 Å². The second-order valence-electron chi connectivity index (χ2n) is 2.48. The summed E-state index contributed by atoms with van der Waals surface area (Å²) < 4.78 is 62.5. The molecule has 0 heterocycles. The van der Waals surface area contributed by atoms with Crippen LogP contribution in [0.2, 0.25) is 10.0 Å². The molecule has 8 heteroatoms. The van der Waals surface area contributed by atoms with E-state index in [0.29, 0.717) is 0 Å². The lowest BCUT2D eigenvalue weighted by Crippen LogP contribution is -2.12. The lowest BCUT2D eigenvalue weighted by molar-refractivity contribution is -0.142. The lowest BCUT2D eigenvalue weighted by Gasteiger charge is -2.12. The van der Waals surface area contributed by atoms with E-state index in [9.17, 15) is 22.0 Å². The number of rotatable bonds is 0. The first-order chi connectivity index (χ1) is 6.68. The Morgan fingerprint density at radius 1 is 0.933 bits per heavy atom. The average Bonchev–Trinajstić information content (AvgIpc) is 2.09. The van der Waals surface area contributed by atoms with Gasteiger partial charge in [-0.1, -0.05) is 23.2 Å². The minimum absolute atomic E-state index is 0.568. The van der Waals surface area contributed by atoms with Gasteiger partial charge >= 0.3 is 6.18 Å². The number of halogens is 7. The van der Waals surface area contributed by atoms with Crippen LogP contribution in [-0.2, 0) is 6.18 Å². The quantitative estimate of drug-likeness (QED) is 0.402. The fourth-order valence-corrected chi connectivity index (χ4v) is 1.49. The number of hydrogen-bond acceptors (Lipinski definition) is 1. The van der Waals surface area contributed by atoms with Crippen LogP contribution in [0.15, 0.2) is 4.90 Å². The van der Waals surface area contributed by atoms with E-state index in [1.807, 2.05) is 0 Å². The molecular formula is C7HCl2F5S. The van der Waals surface area contributed by atoms with E-state index < -0.39 is 38.3 Å². The van der Waals surface area contributed by atoms with E-state index in [1.54, 1.807) is 0 Å². The molecule has 84 valence electrons. The molecule has 0 aliphatic carbocycles. The van der Waals surface area contributed by atoms with Crippen molar-refractivity contribution in [2.75, 3.05) is 0 Å². The van der Waals surface area contributed by atoms with Gasteiger partial charge in [0.25, 0.3) is 0 Å². The van der Waals surface area contributed by atoms with Gasteiger partial charge in [-0.15, -0.1) is 12.6 Å². The molecule has 0 N–H and O–H groups in total. The van der Waals surface area contributed by atoms with Gasteiger partial charge in [0.05, 0.1) is 10.0 Å².